The van der Waals surface area contributed by atoms with E-state index in [2.05, 4.69) is 0 Å². The van der Waals surface area contributed by atoms with Crippen LogP contribution in [0.5, 0.6) is 5.75 Å². The van der Waals surface area contributed by atoms with Crippen LogP contribution in [-0.2, 0) is 16.1 Å². The molecule has 0 aliphatic carbocycles. The van der Waals surface area contributed by atoms with Crippen molar-refractivity contribution in [2.75, 3.05) is 19.8 Å². The van der Waals surface area contributed by atoms with Crippen LogP contribution in [0.15, 0.2) is 54.6 Å². The van der Waals surface area contributed by atoms with Gasteiger partial charge in [-0.1, -0.05) is 36.4 Å². The fourth-order valence-corrected chi connectivity index (χ4v) is 3.72. The number of hydrogen-bond donors (Lipinski definition) is 0. The van der Waals surface area contributed by atoms with Crippen LogP contribution >= 0.6 is 0 Å². The maximum Gasteiger partial charge on any atom is 0.254 e. The standard InChI is InChI=1S/C22H25NO4/c24-21(23-12-5-4-11-20(23)22-25-13-14-26-22)18-9-6-10-19(15-18)27-16-17-7-2-1-3-8-17/h1-3,6-10,15,20,22H,4-5,11-14,16H2. The molecule has 2 aliphatic heterocycles. The molecule has 0 saturated carbocycles. The number of carbonyl (C=O) groups is 1. The molecule has 27 heavy (non-hydrogen) atoms. The molecule has 142 valence electrons. The molecule has 2 aromatic rings. The Labute approximate surface area is 159 Å². The van der Waals surface area contributed by atoms with E-state index in [4.69, 9.17) is 14.2 Å². The molecular formula is C22H25NO4. The van der Waals surface area contributed by atoms with Gasteiger partial charge in [0.15, 0.2) is 6.29 Å². The van der Waals surface area contributed by atoms with Crippen LogP contribution in [0.2, 0.25) is 0 Å². The van der Waals surface area contributed by atoms with Crippen LogP contribution in [0.1, 0.15) is 35.2 Å². The molecule has 0 N–H and O–H groups in total. The first-order valence-electron chi connectivity index (χ1n) is 9.62. The summed E-state index contributed by atoms with van der Waals surface area (Å²) < 4.78 is 17.2. The average molecular weight is 367 g/mol. The molecule has 0 bridgehead atoms. The second-order valence-electron chi connectivity index (χ2n) is 6.97. The first-order chi connectivity index (χ1) is 13.3. The lowest BCUT2D eigenvalue weighted by Gasteiger charge is -2.38. The summed E-state index contributed by atoms with van der Waals surface area (Å²) in [4.78, 5) is 15.1. The predicted molar refractivity (Wildman–Crippen MR) is 102 cm³/mol. The SMILES string of the molecule is O=C(c1cccc(OCc2ccccc2)c1)N1CCCCC1C1OCCO1. The number of rotatable bonds is 5. The van der Waals surface area contributed by atoms with E-state index >= 15 is 0 Å². The van der Waals surface area contributed by atoms with Crippen molar-refractivity contribution in [2.45, 2.75) is 38.2 Å². The van der Waals surface area contributed by atoms with Crippen molar-refractivity contribution >= 4 is 5.91 Å². The Kier molecular flexibility index (Phi) is 5.70. The van der Waals surface area contributed by atoms with Crippen molar-refractivity contribution in [2.24, 2.45) is 0 Å². The summed E-state index contributed by atoms with van der Waals surface area (Å²) in [5.41, 5.74) is 1.74. The van der Waals surface area contributed by atoms with Crippen LogP contribution in [-0.4, -0.2) is 42.9 Å². The van der Waals surface area contributed by atoms with E-state index in [0.717, 1.165) is 31.4 Å². The van der Waals surface area contributed by atoms with Gasteiger partial charge in [0.25, 0.3) is 5.91 Å². The molecule has 2 fully saturated rings. The fourth-order valence-electron chi connectivity index (χ4n) is 3.72. The van der Waals surface area contributed by atoms with Gasteiger partial charge in [0.1, 0.15) is 12.4 Å². The smallest absolute Gasteiger partial charge is 0.254 e. The Morgan fingerprint density at radius 2 is 1.85 bits per heavy atom. The van der Waals surface area contributed by atoms with E-state index in [1.807, 2.05) is 59.5 Å². The molecule has 2 aliphatic rings. The highest BCUT2D eigenvalue weighted by Gasteiger charge is 2.36. The highest BCUT2D eigenvalue weighted by atomic mass is 16.7. The zero-order valence-electron chi connectivity index (χ0n) is 15.4. The summed E-state index contributed by atoms with van der Waals surface area (Å²) in [6, 6.07) is 17.4. The molecule has 2 saturated heterocycles. The number of nitrogens with zero attached hydrogens (tertiary/aromatic N) is 1. The van der Waals surface area contributed by atoms with E-state index in [1.165, 1.54) is 0 Å². The van der Waals surface area contributed by atoms with Gasteiger partial charge in [0.05, 0.1) is 19.3 Å². The largest absolute Gasteiger partial charge is 0.489 e. The maximum absolute atomic E-state index is 13.2. The second kappa shape index (κ2) is 8.55. The van der Waals surface area contributed by atoms with Crippen molar-refractivity contribution in [3.63, 3.8) is 0 Å². The summed E-state index contributed by atoms with van der Waals surface area (Å²) in [6.07, 6.45) is 2.73. The number of benzene rings is 2. The third-order valence-corrected chi connectivity index (χ3v) is 5.10. The van der Waals surface area contributed by atoms with Gasteiger partial charge < -0.3 is 19.1 Å². The molecule has 4 rings (SSSR count). The van der Waals surface area contributed by atoms with E-state index in [0.29, 0.717) is 31.1 Å². The molecule has 1 amide bonds. The predicted octanol–water partition coefficient (Wildman–Crippen LogP) is 3.63. The number of likely N-dealkylation sites (tertiary alicyclic amines) is 1. The van der Waals surface area contributed by atoms with Gasteiger partial charge in [-0.15, -0.1) is 0 Å². The molecule has 1 unspecified atom stereocenters. The average Bonchev–Trinajstić information content (AvgIpc) is 3.27. The minimum atomic E-state index is -0.299. The van der Waals surface area contributed by atoms with E-state index in [1.54, 1.807) is 0 Å². The normalized spacial score (nSPS) is 20.6. The first kappa shape index (κ1) is 18.0. The highest BCUT2D eigenvalue weighted by molar-refractivity contribution is 5.95. The molecule has 2 aromatic carbocycles. The minimum Gasteiger partial charge on any atom is -0.489 e. The zero-order chi connectivity index (χ0) is 18.5. The van der Waals surface area contributed by atoms with Gasteiger partial charge >= 0.3 is 0 Å². The van der Waals surface area contributed by atoms with Crippen molar-refractivity contribution < 1.29 is 19.0 Å². The summed E-state index contributed by atoms with van der Waals surface area (Å²) in [7, 11) is 0. The number of carbonyl (C=O) groups excluding carboxylic acids is 1. The summed E-state index contributed by atoms with van der Waals surface area (Å²) in [5, 5.41) is 0. The van der Waals surface area contributed by atoms with Crippen molar-refractivity contribution in [3.8, 4) is 5.75 Å². The van der Waals surface area contributed by atoms with Gasteiger partial charge in [-0.05, 0) is 43.0 Å². The number of ether oxygens (including phenoxy) is 3. The molecule has 5 nitrogen and oxygen atoms in total. The third-order valence-electron chi connectivity index (χ3n) is 5.10. The van der Waals surface area contributed by atoms with Crippen LogP contribution in [0, 0.1) is 0 Å². The Bertz CT molecular complexity index is 758. The topological polar surface area (TPSA) is 48.0 Å². The van der Waals surface area contributed by atoms with Crippen LogP contribution in [0.4, 0.5) is 0 Å². The van der Waals surface area contributed by atoms with E-state index < -0.39 is 0 Å². The minimum absolute atomic E-state index is 0.0114. The first-order valence-corrected chi connectivity index (χ1v) is 9.62. The molecule has 0 spiro atoms. The van der Waals surface area contributed by atoms with E-state index in [9.17, 15) is 4.79 Å². The monoisotopic (exact) mass is 367 g/mol. The quantitative estimate of drug-likeness (QED) is 0.810. The fraction of sp³-hybridized carbons (Fsp3) is 0.409. The van der Waals surface area contributed by atoms with Crippen molar-refractivity contribution in [1.29, 1.82) is 0 Å². The summed E-state index contributed by atoms with van der Waals surface area (Å²) in [5.74, 6) is 0.718. The highest BCUT2D eigenvalue weighted by Crippen LogP contribution is 2.27. The summed E-state index contributed by atoms with van der Waals surface area (Å²) in [6.45, 7) is 2.43. The Balaban J connectivity index is 1.46. The number of amides is 1. The molecule has 2 heterocycles. The molecule has 5 heteroatoms. The Morgan fingerprint density at radius 1 is 1.04 bits per heavy atom. The Hall–Kier alpha value is -2.37. The van der Waals surface area contributed by atoms with Crippen LogP contribution in [0.25, 0.3) is 0 Å². The lowest BCUT2D eigenvalue weighted by Crippen LogP contribution is -2.50. The lowest BCUT2D eigenvalue weighted by molar-refractivity contribution is -0.100. The van der Waals surface area contributed by atoms with Crippen molar-refractivity contribution in [3.05, 3.63) is 65.7 Å². The molecule has 1 atom stereocenters. The van der Waals surface area contributed by atoms with E-state index in [-0.39, 0.29) is 18.2 Å². The van der Waals surface area contributed by atoms with Crippen LogP contribution in [0.3, 0.4) is 0 Å². The molecule has 0 aromatic heterocycles. The zero-order valence-corrected chi connectivity index (χ0v) is 15.4. The molecular weight excluding hydrogens is 342 g/mol. The Morgan fingerprint density at radius 3 is 2.67 bits per heavy atom. The van der Waals surface area contributed by atoms with Gasteiger partial charge in [-0.2, -0.15) is 0 Å². The summed E-state index contributed by atoms with van der Waals surface area (Å²) >= 11 is 0. The van der Waals surface area contributed by atoms with Gasteiger partial charge in [0, 0.05) is 12.1 Å². The van der Waals surface area contributed by atoms with Gasteiger partial charge in [-0.3, -0.25) is 4.79 Å². The lowest BCUT2D eigenvalue weighted by atomic mass is 10.00. The number of piperidine rings is 1. The third kappa shape index (κ3) is 4.31. The van der Waals surface area contributed by atoms with Gasteiger partial charge in [0.2, 0.25) is 0 Å². The maximum atomic E-state index is 13.2. The number of hydrogen-bond acceptors (Lipinski definition) is 4. The van der Waals surface area contributed by atoms with Gasteiger partial charge in [-0.25, -0.2) is 0 Å². The van der Waals surface area contributed by atoms with Crippen LogP contribution < -0.4 is 4.74 Å². The molecule has 0 radical (unpaired) electrons. The second-order valence-corrected chi connectivity index (χ2v) is 6.97. The van der Waals surface area contributed by atoms with Crippen molar-refractivity contribution in [1.82, 2.24) is 4.90 Å².